The van der Waals surface area contributed by atoms with Crippen molar-refractivity contribution in [2.75, 3.05) is 13.7 Å². The van der Waals surface area contributed by atoms with Gasteiger partial charge in [-0.3, -0.25) is 4.79 Å². The van der Waals surface area contributed by atoms with Crippen molar-refractivity contribution in [3.05, 3.63) is 35.9 Å². The molecule has 25 heavy (non-hydrogen) atoms. The minimum atomic E-state index is -0.992. The van der Waals surface area contributed by atoms with Crippen LogP contribution in [0.2, 0.25) is 0 Å². The number of carboxylic acid groups (broad SMARTS) is 1. The molecule has 5 nitrogen and oxygen atoms in total. The summed E-state index contributed by atoms with van der Waals surface area (Å²) in [5.74, 6) is 0.0157. The lowest BCUT2D eigenvalue weighted by Gasteiger charge is -2.27. The second-order valence-corrected chi connectivity index (χ2v) is 6.51. The number of esters is 1. The van der Waals surface area contributed by atoms with Crippen LogP contribution in [0.5, 0.6) is 5.75 Å². The van der Waals surface area contributed by atoms with E-state index in [4.69, 9.17) is 14.6 Å². The van der Waals surface area contributed by atoms with Crippen LogP contribution in [0.3, 0.4) is 0 Å². The van der Waals surface area contributed by atoms with Gasteiger partial charge in [-0.05, 0) is 68.2 Å². The number of ether oxygens (including phenoxy) is 2. The van der Waals surface area contributed by atoms with Gasteiger partial charge in [0.25, 0.3) is 0 Å². The molecular weight excluding hydrogens is 320 g/mol. The number of hydrogen-bond acceptors (Lipinski definition) is 4. The Morgan fingerprint density at radius 1 is 1.16 bits per heavy atom. The lowest BCUT2D eigenvalue weighted by Crippen LogP contribution is -2.25. The van der Waals surface area contributed by atoms with E-state index < -0.39 is 5.97 Å². The number of carboxylic acids is 1. The molecule has 1 aromatic carbocycles. The smallest absolute Gasteiger partial charge is 0.328 e. The highest BCUT2D eigenvalue weighted by molar-refractivity contribution is 5.85. The van der Waals surface area contributed by atoms with E-state index in [1.807, 2.05) is 0 Å². The van der Waals surface area contributed by atoms with E-state index in [0.717, 1.165) is 50.4 Å². The standard InChI is InChI=1S/C20H26O5/c1-24-14-2-3-15-4-9-17(10-5-15)20(23)25-18-11-6-16(7-12-18)8-13-19(21)22/h6-8,11-13,15,17H,2-5,9-10,14H2,1H3,(H,21,22). The highest BCUT2D eigenvalue weighted by Crippen LogP contribution is 2.32. The van der Waals surface area contributed by atoms with Gasteiger partial charge < -0.3 is 14.6 Å². The Kier molecular flexibility index (Phi) is 7.67. The zero-order chi connectivity index (χ0) is 18.1. The Labute approximate surface area is 148 Å². The van der Waals surface area contributed by atoms with Gasteiger partial charge in [-0.25, -0.2) is 4.79 Å². The molecule has 1 fully saturated rings. The number of rotatable bonds is 8. The summed E-state index contributed by atoms with van der Waals surface area (Å²) >= 11 is 0. The Hall–Kier alpha value is -2.14. The summed E-state index contributed by atoms with van der Waals surface area (Å²) in [6, 6.07) is 6.84. The first-order valence-corrected chi connectivity index (χ1v) is 8.80. The van der Waals surface area contributed by atoms with Gasteiger partial charge in [0.1, 0.15) is 5.75 Å². The van der Waals surface area contributed by atoms with Crippen LogP contribution in [0, 0.1) is 11.8 Å². The third-order valence-electron chi connectivity index (χ3n) is 4.66. The first kappa shape index (κ1) is 19.2. The maximum absolute atomic E-state index is 12.3. The predicted octanol–water partition coefficient (Wildman–Crippen LogP) is 3.92. The minimum absolute atomic E-state index is 0.0229. The van der Waals surface area contributed by atoms with E-state index >= 15 is 0 Å². The Bertz CT molecular complexity index is 583. The fourth-order valence-corrected chi connectivity index (χ4v) is 3.22. The Morgan fingerprint density at radius 2 is 1.84 bits per heavy atom. The average Bonchev–Trinajstić information content (AvgIpc) is 2.62. The third-order valence-corrected chi connectivity index (χ3v) is 4.66. The van der Waals surface area contributed by atoms with Crippen molar-refractivity contribution in [3.8, 4) is 5.75 Å². The second kappa shape index (κ2) is 9.99. The molecule has 0 heterocycles. The molecule has 1 N–H and O–H groups in total. The largest absolute Gasteiger partial charge is 0.478 e. The van der Waals surface area contributed by atoms with Crippen molar-refractivity contribution < 1.29 is 24.2 Å². The molecule has 0 bridgehead atoms. The molecule has 0 atom stereocenters. The number of aliphatic carboxylic acids is 1. The topological polar surface area (TPSA) is 72.8 Å². The van der Waals surface area contributed by atoms with Gasteiger partial charge in [0.15, 0.2) is 0 Å². The summed E-state index contributed by atoms with van der Waals surface area (Å²) in [6.45, 7) is 0.805. The van der Waals surface area contributed by atoms with Crippen LogP contribution >= 0.6 is 0 Å². The zero-order valence-corrected chi connectivity index (χ0v) is 14.6. The first-order valence-electron chi connectivity index (χ1n) is 8.80. The molecule has 1 saturated carbocycles. The summed E-state index contributed by atoms with van der Waals surface area (Å²) in [4.78, 5) is 22.8. The van der Waals surface area contributed by atoms with Crippen molar-refractivity contribution in [3.63, 3.8) is 0 Å². The summed E-state index contributed by atoms with van der Waals surface area (Å²) in [5, 5.41) is 8.61. The van der Waals surface area contributed by atoms with Crippen molar-refractivity contribution in [1.82, 2.24) is 0 Å². The SMILES string of the molecule is COCCCC1CCC(C(=O)Oc2ccc(C=CC(=O)O)cc2)CC1. The predicted molar refractivity (Wildman–Crippen MR) is 95.3 cm³/mol. The summed E-state index contributed by atoms with van der Waals surface area (Å²) in [5.41, 5.74) is 0.749. The van der Waals surface area contributed by atoms with Crippen molar-refractivity contribution in [2.45, 2.75) is 38.5 Å². The van der Waals surface area contributed by atoms with Crippen molar-refractivity contribution in [1.29, 1.82) is 0 Å². The van der Waals surface area contributed by atoms with Crippen LogP contribution in [0.15, 0.2) is 30.3 Å². The maximum atomic E-state index is 12.3. The van der Waals surface area contributed by atoms with Gasteiger partial charge in [0, 0.05) is 19.8 Å². The molecular formula is C20H26O5. The molecule has 136 valence electrons. The fraction of sp³-hybridized carbons (Fsp3) is 0.500. The highest BCUT2D eigenvalue weighted by Gasteiger charge is 2.27. The molecule has 0 radical (unpaired) electrons. The highest BCUT2D eigenvalue weighted by atomic mass is 16.5. The van der Waals surface area contributed by atoms with E-state index in [-0.39, 0.29) is 11.9 Å². The third kappa shape index (κ3) is 6.70. The Morgan fingerprint density at radius 3 is 2.44 bits per heavy atom. The number of hydrogen-bond donors (Lipinski definition) is 1. The summed E-state index contributed by atoms with van der Waals surface area (Å²) in [6.07, 6.45) is 8.74. The fourth-order valence-electron chi connectivity index (χ4n) is 3.22. The van der Waals surface area contributed by atoms with E-state index in [2.05, 4.69) is 0 Å². The van der Waals surface area contributed by atoms with Gasteiger partial charge >= 0.3 is 11.9 Å². The monoisotopic (exact) mass is 346 g/mol. The lowest BCUT2D eigenvalue weighted by atomic mass is 9.80. The Balaban J connectivity index is 1.77. The molecule has 0 unspecified atom stereocenters. The second-order valence-electron chi connectivity index (χ2n) is 6.51. The molecule has 0 spiro atoms. The van der Waals surface area contributed by atoms with E-state index in [1.54, 1.807) is 31.4 Å². The van der Waals surface area contributed by atoms with Crippen molar-refractivity contribution in [2.24, 2.45) is 11.8 Å². The van der Waals surface area contributed by atoms with Crippen molar-refractivity contribution >= 4 is 18.0 Å². The summed E-state index contributed by atoms with van der Waals surface area (Å²) < 4.78 is 10.6. The van der Waals surface area contributed by atoms with Crippen LogP contribution in [0.1, 0.15) is 44.1 Å². The molecule has 0 aromatic heterocycles. The van der Waals surface area contributed by atoms with Crippen LogP contribution in [0.4, 0.5) is 0 Å². The van der Waals surface area contributed by atoms with Gasteiger partial charge in [-0.2, -0.15) is 0 Å². The molecule has 0 saturated heterocycles. The molecule has 1 aliphatic carbocycles. The minimum Gasteiger partial charge on any atom is -0.478 e. The number of carbonyl (C=O) groups excluding carboxylic acids is 1. The number of carbonyl (C=O) groups is 2. The van der Waals surface area contributed by atoms with Gasteiger partial charge in [0.05, 0.1) is 5.92 Å². The average molecular weight is 346 g/mol. The molecule has 2 rings (SSSR count). The lowest BCUT2D eigenvalue weighted by molar-refractivity contribution is -0.140. The molecule has 0 aliphatic heterocycles. The van der Waals surface area contributed by atoms with E-state index in [0.29, 0.717) is 11.7 Å². The zero-order valence-electron chi connectivity index (χ0n) is 14.6. The molecule has 5 heteroatoms. The quantitative estimate of drug-likeness (QED) is 0.334. The van der Waals surface area contributed by atoms with Crippen LogP contribution in [-0.2, 0) is 14.3 Å². The normalized spacial score (nSPS) is 20.5. The van der Waals surface area contributed by atoms with Crippen LogP contribution in [-0.4, -0.2) is 30.8 Å². The number of methoxy groups -OCH3 is 1. The molecule has 1 aromatic rings. The van der Waals surface area contributed by atoms with E-state index in [1.165, 1.54) is 12.5 Å². The maximum Gasteiger partial charge on any atom is 0.328 e. The van der Waals surface area contributed by atoms with Gasteiger partial charge in [-0.15, -0.1) is 0 Å². The van der Waals surface area contributed by atoms with Crippen LogP contribution in [0.25, 0.3) is 6.08 Å². The van der Waals surface area contributed by atoms with Crippen LogP contribution < -0.4 is 4.74 Å². The van der Waals surface area contributed by atoms with Gasteiger partial charge in [-0.1, -0.05) is 12.1 Å². The molecule has 1 aliphatic rings. The molecule has 0 amide bonds. The number of benzene rings is 1. The van der Waals surface area contributed by atoms with Gasteiger partial charge in [0.2, 0.25) is 0 Å². The first-order chi connectivity index (χ1) is 12.1. The van der Waals surface area contributed by atoms with E-state index in [9.17, 15) is 9.59 Å². The summed E-state index contributed by atoms with van der Waals surface area (Å²) in [7, 11) is 1.72.